The number of aliphatic hydroxyl groups is 1. The Morgan fingerprint density at radius 1 is 1.06 bits per heavy atom. The Hall–Kier alpha value is -3.50. The molecular weight excluding hydrogens is 426 g/mol. The van der Waals surface area contributed by atoms with E-state index in [4.69, 9.17) is 15.9 Å². The van der Waals surface area contributed by atoms with Gasteiger partial charge >= 0.3 is 0 Å². The van der Waals surface area contributed by atoms with Crippen LogP contribution in [-0.4, -0.2) is 35.6 Å². The van der Waals surface area contributed by atoms with Crippen LogP contribution in [0.1, 0.15) is 31.7 Å². The van der Waals surface area contributed by atoms with Crippen LogP contribution in [0.2, 0.25) is 0 Å². The third kappa shape index (κ3) is 3.10. The third-order valence-corrected chi connectivity index (χ3v) is 6.95. The van der Waals surface area contributed by atoms with Crippen molar-refractivity contribution in [1.82, 2.24) is 24.4 Å². The van der Waals surface area contributed by atoms with Crippen molar-refractivity contribution in [3.8, 4) is 22.5 Å². The summed E-state index contributed by atoms with van der Waals surface area (Å²) in [4.78, 5) is 4.36. The van der Waals surface area contributed by atoms with Gasteiger partial charge in [-0.3, -0.25) is 4.68 Å². The average molecular weight is 448 g/mol. The molecule has 4 heterocycles. The minimum atomic E-state index is -0.196. The fraction of sp³-hybridized carbons (Fsp3) is 0.273. The molecule has 0 unspecified atom stereocenters. The van der Waals surface area contributed by atoms with E-state index in [0.717, 1.165) is 58.0 Å². The van der Waals surface area contributed by atoms with Gasteiger partial charge in [0.15, 0.2) is 11.4 Å². The summed E-state index contributed by atoms with van der Waals surface area (Å²) in [5, 5.41) is 19.4. The number of nitrogens with zero attached hydrogens (tertiary/aromatic N) is 5. The Morgan fingerprint density at radius 2 is 1.91 bits per heavy atom. The van der Waals surface area contributed by atoms with Crippen LogP contribution in [0, 0.1) is 0 Å². The number of hydrogen-bond donors (Lipinski definition) is 3. The van der Waals surface area contributed by atoms with Crippen LogP contribution in [0.15, 0.2) is 41.2 Å². The number of aromatic nitrogens is 5. The minimum Gasteiger partial charge on any atom is -0.452 e. The lowest BCUT2D eigenvalue weighted by Crippen LogP contribution is -2.21. The van der Waals surface area contributed by atoms with Gasteiger partial charge in [0.2, 0.25) is 0 Å². The highest BCUT2D eigenvalue weighted by Crippen LogP contribution is 2.40. The normalized spacial score (nSPS) is 19.2. The molecule has 1 aromatic carbocycles. The Kier molecular flexibility index (Phi) is 4.37. The number of nitrogens with two attached hydrogens (primary N) is 2. The lowest BCUT2D eigenvalue weighted by molar-refractivity contribution is 0.108. The zero-order chi connectivity index (χ0) is 21.8. The van der Waals surface area contributed by atoms with Gasteiger partial charge in [-0.05, 0) is 55.4 Å². The van der Waals surface area contributed by atoms with Crippen LogP contribution in [0.3, 0.4) is 0 Å². The van der Waals surface area contributed by atoms with Crippen molar-refractivity contribution in [3.05, 3.63) is 36.8 Å². The van der Waals surface area contributed by atoms with E-state index in [0.29, 0.717) is 28.9 Å². The molecule has 162 valence electrons. The summed E-state index contributed by atoms with van der Waals surface area (Å²) in [6, 6.07) is 5.91. The largest absolute Gasteiger partial charge is 0.452 e. The summed E-state index contributed by atoms with van der Waals surface area (Å²) >= 11 is 1.30. The summed E-state index contributed by atoms with van der Waals surface area (Å²) in [6.07, 6.45) is 8.89. The molecule has 4 aromatic heterocycles. The van der Waals surface area contributed by atoms with Gasteiger partial charge < -0.3 is 21.0 Å². The summed E-state index contributed by atoms with van der Waals surface area (Å²) in [5.74, 6) is 0.962. The first kappa shape index (κ1) is 19.2. The van der Waals surface area contributed by atoms with E-state index in [2.05, 4.69) is 19.7 Å². The molecule has 9 nitrogen and oxygen atoms in total. The van der Waals surface area contributed by atoms with Crippen LogP contribution in [-0.2, 0) is 0 Å². The molecule has 1 aliphatic rings. The molecule has 0 saturated heterocycles. The minimum absolute atomic E-state index is 0.196. The fourth-order valence-electron chi connectivity index (χ4n) is 4.50. The number of furan rings is 1. The van der Waals surface area contributed by atoms with Crippen LogP contribution >= 0.6 is 11.5 Å². The number of hydrogen-bond acceptors (Lipinski definition) is 9. The van der Waals surface area contributed by atoms with Gasteiger partial charge in [0.1, 0.15) is 11.3 Å². The van der Waals surface area contributed by atoms with E-state index >= 15 is 0 Å². The van der Waals surface area contributed by atoms with Crippen LogP contribution in [0.25, 0.3) is 43.6 Å². The van der Waals surface area contributed by atoms with Crippen molar-refractivity contribution in [2.75, 3.05) is 11.5 Å². The van der Waals surface area contributed by atoms with E-state index in [1.165, 1.54) is 11.5 Å². The first-order valence-electron chi connectivity index (χ1n) is 10.5. The van der Waals surface area contributed by atoms with Crippen LogP contribution in [0.5, 0.6) is 0 Å². The smallest absolute Gasteiger partial charge is 0.177 e. The zero-order valence-electron chi connectivity index (χ0n) is 17.1. The van der Waals surface area contributed by atoms with Gasteiger partial charge in [-0.1, -0.05) is 4.49 Å². The maximum atomic E-state index is 9.79. The number of anilines is 2. The van der Waals surface area contributed by atoms with Crippen molar-refractivity contribution >= 4 is 44.2 Å². The van der Waals surface area contributed by atoms with Crippen molar-refractivity contribution < 1.29 is 9.52 Å². The Labute approximate surface area is 186 Å². The maximum absolute atomic E-state index is 9.79. The number of benzene rings is 1. The highest BCUT2D eigenvalue weighted by Gasteiger charge is 2.23. The molecule has 0 amide bonds. The predicted molar refractivity (Wildman–Crippen MR) is 124 cm³/mol. The molecule has 5 N–H and O–H groups in total. The van der Waals surface area contributed by atoms with Gasteiger partial charge in [-0.15, -0.1) is 5.10 Å². The molecule has 0 atom stereocenters. The molecule has 10 heteroatoms. The number of fused-ring (bicyclic) bond motifs is 2. The summed E-state index contributed by atoms with van der Waals surface area (Å²) in [7, 11) is 0. The van der Waals surface area contributed by atoms with Crippen molar-refractivity contribution in [2.45, 2.75) is 37.8 Å². The molecule has 5 aromatic rings. The van der Waals surface area contributed by atoms with E-state index in [1.807, 2.05) is 29.2 Å². The SMILES string of the molecule is Nc1cc(-c2cc3c(-c4cnn(C5CCC(O)CC5)c4)cnc(N)c3o2)c2snnc2c1. The van der Waals surface area contributed by atoms with Crippen LogP contribution in [0.4, 0.5) is 11.5 Å². The molecule has 0 radical (unpaired) electrons. The second-order valence-electron chi connectivity index (χ2n) is 8.27. The molecule has 1 aliphatic carbocycles. The monoisotopic (exact) mass is 447 g/mol. The maximum Gasteiger partial charge on any atom is 0.177 e. The Bertz CT molecular complexity index is 1450. The topological polar surface area (TPSA) is 142 Å². The van der Waals surface area contributed by atoms with Gasteiger partial charge in [-0.25, -0.2) is 4.98 Å². The lowest BCUT2D eigenvalue weighted by atomic mass is 9.93. The highest BCUT2D eigenvalue weighted by atomic mass is 32.1. The van der Waals surface area contributed by atoms with E-state index < -0.39 is 0 Å². The Balaban J connectivity index is 1.45. The van der Waals surface area contributed by atoms with Gasteiger partial charge in [-0.2, -0.15) is 5.10 Å². The summed E-state index contributed by atoms with van der Waals surface area (Å²) in [6.45, 7) is 0. The molecule has 1 saturated carbocycles. The average Bonchev–Trinajstić information content (AvgIpc) is 3.53. The van der Waals surface area contributed by atoms with Gasteiger partial charge in [0.25, 0.3) is 0 Å². The molecule has 0 bridgehead atoms. The fourth-order valence-corrected chi connectivity index (χ4v) is 5.16. The molecule has 0 spiro atoms. The first-order chi connectivity index (χ1) is 15.6. The zero-order valence-corrected chi connectivity index (χ0v) is 17.9. The van der Waals surface area contributed by atoms with E-state index in [1.54, 1.807) is 12.3 Å². The molecule has 32 heavy (non-hydrogen) atoms. The van der Waals surface area contributed by atoms with Crippen molar-refractivity contribution in [3.63, 3.8) is 0 Å². The second-order valence-corrected chi connectivity index (χ2v) is 9.03. The van der Waals surface area contributed by atoms with Crippen LogP contribution < -0.4 is 11.5 Å². The number of rotatable bonds is 3. The lowest BCUT2D eigenvalue weighted by Gasteiger charge is -2.25. The van der Waals surface area contributed by atoms with Crippen molar-refractivity contribution in [2.24, 2.45) is 0 Å². The number of nitrogen functional groups attached to an aromatic ring is 2. The number of aliphatic hydroxyl groups excluding tert-OH is 1. The molecular formula is C22H21N7O2S. The molecule has 1 fully saturated rings. The summed E-state index contributed by atoms with van der Waals surface area (Å²) < 4.78 is 13.1. The van der Waals surface area contributed by atoms with Gasteiger partial charge in [0.05, 0.1) is 23.0 Å². The van der Waals surface area contributed by atoms with Gasteiger partial charge in [0, 0.05) is 40.2 Å². The standard InChI is InChI=1S/C22H21N7O2S/c23-12-5-16(21-18(6-12)27-28-32-21)19-7-15-17(9-25-22(24)20(15)31-19)11-8-26-29(10-11)13-1-3-14(30)4-2-13/h5-10,13-14,30H,1-4,23H2,(H2,24,25). The van der Waals surface area contributed by atoms with Crippen molar-refractivity contribution in [1.29, 1.82) is 0 Å². The van der Waals surface area contributed by atoms with E-state index in [-0.39, 0.29) is 6.10 Å². The quantitative estimate of drug-likeness (QED) is 0.352. The third-order valence-electron chi connectivity index (χ3n) is 6.18. The predicted octanol–water partition coefficient (Wildman–Crippen LogP) is 4.00. The van der Waals surface area contributed by atoms with E-state index in [9.17, 15) is 5.11 Å². The summed E-state index contributed by atoms with van der Waals surface area (Å²) in [5.41, 5.74) is 16.8. The highest BCUT2D eigenvalue weighted by molar-refractivity contribution is 7.13. The number of pyridine rings is 1. The Morgan fingerprint density at radius 3 is 2.75 bits per heavy atom. The second kappa shape index (κ2) is 7.28. The molecule has 0 aliphatic heterocycles. The molecule has 6 rings (SSSR count). The first-order valence-corrected chi connectivity index (χ1v) is 11.3.